The molecule has 2 rings (SSSR count). The van der Waals surface area contributed by atoms with Gasteiger partial charge in [0.25, 0.3) is 0 Å². The van der Waals surface area contributed by atoms with Crippen LogP contribution in [0.25, 0.3) is 0 Å². The standard InChI is InChI=1S/C10H14N2O5/c11-8(13)7-4-12(1-2-17-7)9(14)5-3-6(5)10(15)16/h5-7H,1-4H2,(H2,11,13)(H,15,16)/t5-,6+,7+/m1/s1. The van der Waals surface area contributed by atoms with E-state index in [0.29, 0.717) is 13.0 Å². The fourth-order valence-electron chi connectivity index (χ4n) is 2.00. The summed E-state index contributed by atoms with van der Waals surface area (Å²) in [5.41, 5.74) is 5.10. The highest BCUT2D eigenvalue weighted by Crippen LogP contribution is 2.40. The van der Waals surface area contributed by atoms with Gasteiger partial charge in [0.15, 0.2) is 6.10 Å². The van der Waals surface area contributed by atoms with Crippen molar-refractivity contribution in [2.24, 2.45) is 17.6 Å². The molecule has 1 aliphatic carbocycles. The van der Waals surface area contributed by atoms with Gasteiger partial charge in [-0.1, -0.05) is 0 Å². The molecule has 0 bridgehead atoms. The summed E-state index contributed by atoms with van der Waals surface area (Å²) in [5.74, 6) is -2.78. The topological polar surface area (TPSA) is 110 Å². The Morgan fingerprint density at radius 3 is 2.53 bits per heavy atom. The van der Waals surface area contributed by atoms with E-state index in [1.807, 2.05) is 0 Å². The molecule has 2 fully saturated rings. The van der Waals surface area contributed by atoms with Crippen LogP contribution in [-0.4, -0.2) is 53.6 Å². The number of carbonyl (C=O) groups excluding carboxylic acids is 2. The van der Waals surface area contributed by atoms with Crippen molar-refractivity contribution >= 4 is 17.8 Å². The Morgan fingerprint density at radius 1 is 1.29 bits per heavy atom. The molecule has 17 heavy (non-hydrogen) atoms. The summed E-state index contributed by atoms with van der Waals surface area (Å²) in [5, 5.41) is 8.74. The second-order valence-corrected chi connectivity index (χ2v) is 4.33. The number of carbonyl (C=O) groups is 3. The highest BCUT2D eigenvalue weighted by molar-refractivity contribution is 5.90. The van der Waals surface area contributed by atoms with Crippen LogP contribution >= 0.6 is 0 Å². The summed E-state index contributed by atoms with van der Waals surface area (Å²) in [6.45, 7) is 0.756. The Kier molecular flexibility index (Phi) is 3.01. The molecule has 2 aliphatic rings. The van der Waals surface area contributed by atoms with Gasteiger partial charge in [0.2, 0.25) is 11.8 Å². The van der Waals surface area contributed by atoms with E-state index in [1.54, 1.807) is 0 Å². The fraction of sp³-hybridized carbons (Fsp3) is 0.700. The third kappa shape index (κ3) is 2.38. The smallest absolute Gasteiger partial charge is 0.307 e. The SMILES string of the molecule is NC(=O)[C@@H]1CN(C(=O)[C@@H]2C[C@@H]2C(=O)O)CCO1. The lowest BCUT2D eigenvalue weighted by atomic mass is 10.2. The van der Waals surface area contributed by atoms with Gasteiger partial charge in [-0.3, -0.25) is 14.4 Å². The van der Waals surface area contributed by atoms with Crippen molar-refractivity contribution in [1.29, 1.82) is 0 Å². The molecule has 1 heterocycles. The van der Waals surface area contributed by atoms with E-state index in [-0.39, 0.29) is 19.1 Å². The van der Waals surface area contributed by atoms with E-state index in [1.165, 1.54) is 4.90 Å². The van der Waals surface area contributed by atoms with Crippen LogP contribution in [0.4, 0.5) is 0 Å². The van der Waals surface area contributed by atoms with E-state index in [4.69, 9.17) is 15.6 Å². The number of rotatable bonds is 3. The zero-order valence-corrected chi connectivity index (χ0v) is 9.17. The van der Waals surface area contributed by atoms with Gasteiger partial charge in [-0.05, 0) is 6.42 Å². The predicted octanol–water partition coefficient (Wildman–Crippen LogP) is -1.58. The highest BCUT2D eigenvalue weighted by Gasteiger charge is 2.50. The van der Waals surface area contributed by atoms with Crippen LogP contribution in [0.15, 0.2) is 0 Å². The molecule has 7 heteroatoms. The molecule has 0 aromatic carbocycles. The number of nitrogens with zero attached hydrogens (tertiary/aromatic N) is 1. The number of hydrogen-bond donors (Lipinski definition) is 2. The average molecular weight is 242 g/mol. The number of hydrogen-bond acceptors (Lipinski definition) is 4. The Morgan fingerprint density at radius 2 is 2.00 bits per heavy atom. The van der Waals surface area contributed by atoms with Gasteiger partial charge in [-0.25, -0.2) is 0 Å². The molecule has 0 spiro atoms. The zero-order valence-electron chi connectivity index (χ0n) is 9.17. The average Bonchev–Trinajstić information content (AvgIpc) is 3.08. The number of ether oxygens (including phenoxy) is 1. The molecule has 0 radical (unpaired) electrons. The number of carboxylic acids is 1. The first-order chi connectivity index (χ1) is 8.00. The van der Waals surface area contributed by atoms with Gasteiger partial charge in [0.05, 0.1) is 25.0 Å². The number of aliphatic carboxylic acids is 1. The van der Waals surface area contributed by atoms with E-state index >= 15 is 0 Å². The molecule has 0 aromatic rings. The first-order valence-electron chi connectivity index (χ1n) is 5.43. The Bertz CT molecular complexity index is 370. The van der Waals surface area contributed by atoms with Crippen LogP contribution < -0.4 is 5.73 Å². The Hall–Kier alpha value is -1.63. The second kappa shape index (κ2) is 4.33. The quantitative estimate of drug-likeness (QED) is 0.620. The van der Waals surface area contributed by atoms with Gasteiger partial charge < -0.3 is 20.5 Å². The molecule has 1 aliphatic heterocycles. The highest BCUT2D eigenvalue weighted by atomic mass is 16.5. The molecule has 0 aromatic heterocycles. The molecule has 1 saturated heterocycles. The van der Waals surface area contributed by atoms with Crippen molar-refractivity contribution in [2.45, 2.75) is 12.5 Å². The number of primary amides is 1. The summed E-state index contributed by atoms with van der Waals surface area (Å²) in [4.78, 5) is 35.0. The first-order valence-corrected chi connectivity index (χ1v) is 5.43. The molecule has 3 atom stereocenters. The van der Waals surface area contributed by atoms with Crippen LogP contribution in [-0.2, 0) is 19.1 Å². The third-order valence-corrected chi connectivity index (χ3v) is 3.12. The number of carboxylic acid groups (broad SMARTS) is 1. The molecule has 94 valence electrons. The summed E-state index contributed by atoms with van der Waals surface area (Å²) in [6.07, 6.45) is -0.401. The molecule has 2 amide bonds. The van der Waals surface area contributed by atoms with Crippen LogP contribution in [0.5, 0.6) is 0 Å². The van der Waals surface area contributed by atoms with Crippen molar-refractivity contribution in [1.82, 2.24) is 4.90 Å². The van der Waals surface area contributed by atoms with E-state index in [9.17, 15) is 14.4 Å². The number of morpholine rings is 1. The van der Waals surface area contributed by atoms with Crippen molar-refractivity contribution < 1.29 is 24.2 Å². The van der Waals surface area contributed by atoms with Gasteiger partial charge in [-0.15, -0.1) is 0 Å². The fourth-order valence-corrected chi connectivity index (χ4v) is 2.00. The Balaban J connectivity index is 1.92. The lowest BCUT2D eigenvalue weighted by molar-refractivity contribution is -0.148. The van der Waals surface area contributed by atoms with Gasteiger partial charge in [-0.2, -0.15) is 0 Å². The molecule has 3 N–H and O–H groups in total. The van der Waals surface area contributed by atoms with E-state index < -0.39 is 29.8 Å². The summed E-state index contributed by atoms with van der Waals surface area (Å²) in [6, 6.07) is 0. The number of amides is 2. The van der Waals surface area contributed by atoms with Crippen LogP contribution in [0, 0.1) is 11.8 Å². The van der Waals surface area contributed by atoms with Crippen molar-refractivity contribution in [2.75, 3.05) is 19.7 Å². The van der Waals surface area contributed by atoms with Gasteiger partial charge >= 0.3 is 5.97 Å². The minimum Gasteiger partial charge on any atom is -0.481 e. The lowest BCUT2D eigenvalue weighted by Crippen LogP contribution is -2.51. The third-order valence-electron chi connectivity index (χ3n) is 3.12. The maximum atomic E-state index is 11.9. The molecular weight excluding hydrogens is 228 g/mol. The maximum Gasteiger partial charge on any atom is 0.307 e. The van der Waals surface area contributed by atoms with Crippen molar-refractivity contribution in [3.8, 4) is 0 Å². The molecule has 0 unspecified atom stereocenters. The Labute approximate surface area is 97.5 Å². The normalized spacial score (nSPS) is 32.0. The predicted molar refractivity (Wildman–Crippen MR) is 54.7 cm³/mol. The monoisotopic (exact) mass is 242 g/mol. The first kappa shape index (κ1) is 11.8. The molecule has 7 nitrogen and oxygen atoms in total. The van der Waals surface area contributed by atoms with Crippen LogP contribution in [0.3, 0.4) is 0 Å². The van der Waals surface area contributed by atoms with Gasteiger partial charge in [0.1, 0.15) is 0 Å². The van der Waals surface area contributed by atoms with Crippen LogP contribution in [0.2, 0.25) is 0 Å². The lowest BCUT2D eigenvalue weighted by Gasteiger charge is -2.31. The van der Waals surface area contributed by atoms with Crippen molar-refractivity contribution in [3.63, 3.8) is 0 Å². The minimum absolute atomic E-state index is 0.122. The second-order valence-electron chi connectivity index (χ2n) is 4.33. The van der Waals surface area contributed by atoms with Crippen LogP contribution in [0.1, 0.15) is 6.42 Å². The summed E-state index contributed by atoms with van der Waals surface area (Å²) < 4.78 is 5.11. The van der Waals surface area contributed by atoms with Gasteiger partial charge in [0, 0.05) is 6.54 Å². The minimum atomic E-state index is -0.942. The molecule has 1 saturated carbocycles. The maximum absolute atomic E-state index is 11.9. The number of nitrogens with two attached hydrogens (primary N) is 1. The summed E-state index contributed by atoms with van der Waals surface area (Å²) >= 11 is 0. The largest absolute Gasteiger partial charge is 0.481 e. The van der Waals surface area contributed by atoms with Crippen molar-refractivity contribution in [3.05, 3.63) is 0 Å². The van der Waals surface area contributed by atoms with E-state index in [0.717, 1.165) is 0 Å². The molecular formula is C10H14N2O5. The van der Waals surface area contributed by atoms with E-state index in [2.05, 4.69) is 0 Å². The zero-order chi connectivity index (χ0) is 12.6. The summed E-state index contributed by atoms with van der Waals surface area (Å²) in [7, 11) is 0.